The molecule has 2 heterocycles. The highest BCUT2D eigenvalue weighted by Crippen LogP contribution is 2.28. The van der Waals surface area contributed by atoms with Gasteiger partial charge in [0, 0.05) is 22.1 Å². The first-order valence-electron chi connectivity index (χ1n) is 9.88. The molecule has 1 fully saturated rings. The first-order chi connectivity index (χ1) is 14.6. The molecule has 1 aliphatic rings. The number of thioether (sulfide) groups is 1. The minimum Gasteiger partial charge on any atom is -0.349 e. The van der Waals surface area contributed by atoms with E-state index in [0.717, 1.165) is 46.5 Å². The van der Waals surface area contributed by atoms with Crippen molar-refractivity contribution >= 4 is 28.8 Å². The molecule has 1 saturated carbocycles. The minimum absolute atomic E-state index is 0.0348. The summed E-state index contributed by atoms with van der Waals surface area (Å²) >= 11 is 1.71. The van der Waals surface area contributed by atoms with E-state index in [1.807, 2.05) is 29.7 Å². The lowest BCUT2D eigenvalue weighted by Crippen LogP contribution is -2.25. The van der Waals surface area contributed by atoms with Gasteiger partial charge >= 0.3 is 0 Å². The zero-order chi connectivity index (χ0) is 20.7. The molecule has 0 bridgehead atoms. The fourth-order valence-corrected chi connectivity index (χ4v) is 3.89. The van der Waals surface area contributed by atoms with Crippen LogP contribution in [0.1, 0.15) is 28.8 Å². The number of aryl methyl sites for hydroxylation is 1. The van der Waals surface area contributed by atoms with Gasteiger partial charge in [-0.2, -0.15) is 0 Å². The van der Waals surface area contributed by atoms with E-state index in [1.54, 1.807) is 24.4 Å². The highest BCUT2D eigenvalue weighted by molar-refractivity contribution is 7.98. The predicted octanol–water partition coefficient (Wildman–Crippen LogP) is 4.41. The zero-order valence-corrected chi connectivity index (χ0v) is 17.6. The third-order valence-electron chi connectivity index (χ3n) is 5.34. The number of hydrogen-bond acceptors (Lipinski definition) is 5. The van der Waals surface area contributed by atoms with Crippen LogP contribution in [0.25, 0.3) is 28.1 Å². The van der Waals surface area contributed by atoms with Gasteiger partial charge < -0.3 is 5.32 Å². The summed E-state index contributed by atoms with van der Waals surface area (Å²) in [7, 11) is 0. The summed E-state index contributed by atoms with van der Waals surface area (Å²) in [4.78, 5) is 27.3. The van der Waals surface area contributed by atoms with Gasteiger partial charge in [-0.1, -0.05) is 18.2 Å². The van der Waals surface area contributed by atoms with Gasteiger partial charge in [0.25, 0.3) is 5.91 Å². The lowest BCUT2D eigenvalue weighted by Gasteiger charge is -2.11. The Kier molecular flexibility index (Phi) is 4.75. The van der Waals surface area contributed by atoms with Crippen LogP contribution in [0, 0.1) is 6.92 Å². The van der Waals surface area contributed by atoms with Crippen LogP contribution < -0.4 is 5.32 Å². The number of carbonyl (C=O) groups excluding carboxylic acids is 1. The van der Waals surface area contributed by atoms with Crippen LogP contribution in [0.4, 0.5) is 0 Å². The fraction of sp³-hybridized carbons (Fsp3) is 0.217. The Hall–Kier alpha value is -3.19. The van der Waals surface area contributed by atoms with Crippen molar-refractivity contribution in [1.82, 2.24) is 24.8 Å². The first kappa shape index (κ1) is 18.8. The Balaban J connectivity index is 1.57. The zero-order valence-electron chi connectivity index (χ0n) is 16.8. The van der Waals surface area contributed by atoms with Crippen molar-refractivity contribution in [2.45, 2.75) is 30.7 Å². The van der Waals surface area contributed by atoms with Crippen LogP contribution in [0.3, 0.4) is 0 Å². The summed E-state index contributed by atoms with van der Waals surface area (Å²) in [6.07, 6.45) is 7.50. The molecular weight excluding hydrogens is 394 g/mol. The summed E-state index contributed by atoms with van der Waals surface area (Å²) in [6, 6.07) is 14.3. The van der Waals surface area contributed by atoms with Crippen LogP contribution in [-0.2, 0) is 0 Å². The molecule has 150 valence electrons. The number of imidazole rings is 1. The van der Waals surface area contributed by atoms with Gasteiger partial charge in [0.1, 0.15) is 23.9 Å². The smallest absolute Gasteiger partial charge is 0.251 e. The van der Waals surface area contributed by atoms with E-state index >= 15 is 0 Å². The summed E-state index contributed by atoms with van der Waals surface area (Å²) in [5.74, 6) is -0.0348. The van der Waals surface area contributed by atoms with Gasteiger partial charge in [-0.3, -0.25) is 9.36 Å². The van der Waals surface area contributed by atoms with E-state index in [9.17, 15) is 4.79 Å². The normalized spacial score (nSPS) is 13.5. The molecule has 6 nitrogen and oxygen atoms in total. The topological polar surface area (TPSA) is 72.7 Å². The summed E-state index contributed by atoms with van der Waals surface area (Å²) < 4.78 is 1.93. The molecule has 4 aromatic rings. The van der Waals surface area contributed by atoms with E-state index < -0.39 is 0 Å². The Morgan fingerprint density at radius 1 is 1.10 bits per heavy atom. The van der Waals surface area contributed by atoms with Crippen molar-refractivity contribution in [2.24, 2.45) is 0 Å². The largest absolute Gasteiger partial charge is 0.349 e. The van der Waals surface area contributed by atoms with E-state index in [2.05, 4.69) is 50.8 Å². The Bertz CT molecular complexity index is 1240. The molecule has 0 spiro atoms. The summed E-state index contributed by atoms with van der Waals surface area (Å²) in [6.45, 7) is 2.02. The second-order valence-electron chi connectivity index (χ2n) is 7.49. The number of carbonyl (C=O) groups is 1. The van der Waals surface area contributed by atoms with E-state index in [1.165, 1.54) is 4.90 Å². The number of amides is 1. The van der Waals surface area contributed by atoms with E-state index in [4.69, 9.17) is 0 Å². The summed E-state index contributed by atoms with van der Waals surface area (Å²) in [5.41, 5.74) is 5.83. The fourth-order valence-electron chi connectivity index (χ4n) is 3.48. The number of fused-ring (bicyclic) bond motifs is 1. The SMILES string of the molecule is CSc1ccc(-c2ncnc3c2ncn3-c2cc(C(=O)NC3CC3)ccc2C)cc1. The predicted molar refractivity (Wildman–Crippen MR) is 119 cm³/mol. The van der Waals surface area contributed by atoms with Crippen LogP contribution in [0.5, 0.6) is 0 Å². The molecule has 2 aromatic carbocycles. The van der Waals surface area contributed by atoms with Gasteiger partial charge in [0.15, 0.2) is 5.65 Å². The number of nitrogens with zero attached hydrogens (tertiary/aromatic N) is 4. The third kappa shape index (κ3) is 3.45. The second-order valence-corrected chi connectivity index (χ2v) is 8.37. The Morgan fingerprint density at radius 2 is 1.90 bits per heavy atom. The second kappa shape index (κ2) is 7.57. The lowest BCUT2D eigenvalue weighted by molar-refractivity contribution is 0.0951. The molecule has 30 heavy (non-hydrogen) atoms. The van der Waals surface area contributed by atoms with E-state index in [0.29, 0.717) is 11.6 Å². The van der Waals surface area contributed by atoms with Gasteiger partial charge in [0.2, 0.25) is 0 Å². The maximum atomic E-state index is 12.5. The van der Waals surface area contributed by atoms with Gasteiger partial charge in [0.05, 0.1) is 5.69 Å². The van der Waals surface area contributed by atoms with Crippen molar-refractivity contribution < 1.29 is 4.79 Å². The number of benzene rings is 2. The van der Waals surface area contributed by atoms with Crippen molar-refractivity contribution in [3.05, 3.63) is 66.2 Å². The molecule has 7 heteroatoms. The van der Waals surface area contributed by atoms with Gasteiger partial charge in [-0.25, -0.2) is 15.0 Å². The van der Waals surface area contributed by atoms with Gasteiger partial charge in [-0.05, 0) is 55.9 Å². The average molecular weight is 416 g/mol. The minimum atomic E-state index is -0.0348. The molecule has 5 rings (SSSR count). The molecule has 1 aliphatic carbocycles. The molecule has 1 amide bonds. The van der Waals surface area contributed by atoms with Crippen LogP contribution in [0.15, 0.2) is 60.0 Å². The van der Waals surface area contributed by atoms with Crippen LogP contribution >= 0.6 is 11.8 Å². The van der Waals surface area contributed by atoms with Gasteiger partial charge in [-0.15, -0.1) is 11.8 Å². The highest BCUT2D eigenvalue weighted by Gasteiger charge is 2.24. The quantitative estimate of drug-likeness (QED) is 0.489. The maximum absolute atomic E-state index is 12.5. The molecule has 0 unspecified atom stereocenters. The van der Waals surface area contributed by atoms with Crippen LogP contribution in [0.2, 0.25) is 0 Å². The molecule has 2 aromatic heterocycles. The molecule has 1 N–H and O–H groups in total. The first-order valence-corrected chi connectivity index (χ1v) is 11.1. The standard InChI is InChI=1S/C23H21N5OS/c1-14-3-4-16(23(29)27-17-7-8-17)11-19(14)28-13-26-21-20(24-12-25-22(21)28)15-5-9-18(30-2)10-6-15/h3-6,9-13,17H,7-8H2,1-2H3,(H,27,29). The highest BCUT2D eigenvalue weighted by atomic mass is 32.2. The number of aromatic nitrogens is 4. The average Bonchev–Trinajstić information content (AvgIpc) is 3.49. The molecule has 0 radical (unpaired) electrons. The lowest BCUT2D eigenvalue weighted by atomic mass is 10.1. The Morgan fingerprint density at radius 3 is 2.63 bits per heavy atom. The van der Waals surface area contributed by atoms with Crippen LogP contribution in [-0.4, -0.2) is 37.7 Å². The molecule has 0 aliphatic heterocycles. The van der Waals surface area contributed by atoms with Crippen molar-refractivity contribution in [2.75, 3.05) is 6.26 Å². The maximum Gasteiger partial charge on any atom is 0.251 e. The molecular formula is C23H21N5OS. The van der Waals surface area contributed by atoms with E-state index in [-0.39, 0.29) is 5.91 Å². The molecule has 0 atom stereocenters. The number of hydrogen-bond donors (Lipinski definition) is 1. The monoisotopic (exact) mass is 415 g/mol. The summed E-state index contributed by atoms with van der Waals surface area (Å²) in [5, 5.41) is 3.05. The molecule has 0 saturated heterocycles. The number of rotatable bonds is 5. The number of nitrogens with one attached hydrogen (secondary N) is 1. The third-order valence-corrected chi connectivity index (χ3v) is 6.08. The Labute approximate surface area is 178 Å². The van der Waals surface area contributed by atoms with Crippen molar-refractivity contribution in [1.29, 1.82) is 0 Å². The van der Waals surface area contributed by atoms with Crippen molar-refractivity contribution in [3.63, 3.8) is 0 Å². The van der Waals surface area contributed by atoms with Crippen molar-refractivity contribution in [3.8, 4) is 16.9 Å².